The van der Waals surface area contributed by atoms with Gasteiger partial charge in [-0.2, -0.15) is 0 Å². The Morgan fingerprint density at radius 3 is 2.73 bits per heavy atom. The molecule has 1 amide bonds. The second kappa shape index (κ2) is 7.17. The first-order valence-electron chi connectivity index (χ1n) is 7.19. The van der Waals surface area contributed by atoms with Gasteiger partial charge in [-0.05, 0) is 51.1 Å². The molecule has 1 aliphatic rings. The number of sulfonamides is 1. The second-order valence-electron chi connectivity index (χ2n) is 5.30. The average Bonchev–Trinajstić information content (AvgIpc) is 3.24. The van der Waals surface area contributed by atoms with E-state index in [9.17, 15) is 17.6 Å². The number of halogens is 1. The van der Waals surface area contributed by atoms with Gasteiger partial charge in [-0.25, -0.2) is 17.5 Å². The molecule has 3 N–H and O–H groups in total. The fraction of sp³-hybridized carbons (Fsp3) is 0.500. The van der Waals surface area contributed by atoms with Gasteiger partial charge in [0.25, 0.3) is 0 Å². The van der Waals surface area contributed by atoms with Gasteiger partial charge in [-0.15, -0.1) is 0 Å². The summed E-state index contributed by atoms with van der Waals surface area (Å²) in [5.41, 5.74) is 0.270. The Hall–Kier alpha value is -1.51. The summed E-state index contributed by atoms with van der Waals surface area (Å²) in [5, 5.41) is 5.51. The smallest absolute Gasteiger partial charge is 0.243 e. The van der Waals surface area contributed by atoms with Gasteiger partial charge in [-0.3, -0.25) is 4.79 Å². The molecule has 0 atom stereocenters. The first-order chi connectivity index (χ1) is 10.4. The van der Waals surface area contributed by atoms with Crippen LogP contribution in [0.4, 0.5) is 10.1 Å². The minimum atomic E-state index is -3.89. The lowest BCUT2D eigenvalue weighted by Gasteiger charge is -2.10. The van der Waals surface area contributed by atoms with Crippen LogP contribution in [0.2, 0.25) is 0 Å². The van der Waals surface area contributed by atoms with Crippen molar-refractivity contribution < 1.29 is 17.6 Å². The third-order valence-corrected chi connectivity index (χ3v) is 4.77. The molecule has 1 aromatic rings. The van der Waals surface area contributed by atoms with Crippen LogP contribution in [0.1, 0.15) is 25.7 Å². The van der Waals surface area contributed by atoms with Crippen molar-refractivity contribution >= 4 is 21.6 Å². The Balaban J connectivity index is 2.07. The topological polar surface area (TPSA) is 87.3 Å². The molecule has 0 bridgehead atoms. The molecule has 0 unspecified atom stereocenters. The standard InChI is InChI=1S/C14H20FN3O3S/c1-16-8-2-3-14(19)17-11-6-7-12(15)13(9-11)22(20,21)18-10-4-5-10/h6-7,9-10,16,18H,2-5,8H2,1H3,(H,17,19). The minimum Gasteiger partial charge on any atom is -0.326 e. The Bertz CT molecular complexity index is 645. The first kappa shape index (κ1) is 16.9. The highest BCUT2D eigenvalue weighted by molar-refractivity contribution is 7.89. The van der Waals surface area contributed by atoms with Crippen LogP contribution in [-0.4, -0.2) is 34.0 Å². The monoisotopic (exact) mass is 329 g/mol. The highest BCUT2D eigenvalue weighted by atomic mass is 32.2. The fourth-order valence-corrected chi connectivity index (χ4v) is 3.33. The highest BCUT2D eigenvalue weighted by Gasteiger charge is 2.29. The SMILES string of the molecule is CNCCCC(=O)Nc1ccc(F)c(S(=O)(=O)NC2CC2)c1. The molecule has 122 valence electrons. The Labute approximate surface area is 129 Å². The molecule has 8 heteroatoms. The molecule has 1 fully saturated rings. The van der Waals surface area contributed by atoms with E-state index in [4.69, 9.17) is 0 Å². The van der Waals surface area contributed by atoms with E-state index >= 15 is 0 Å². The van der Waals surface area contributed by atoms with Crippen molar-refractivity contribution in [3.05, 3.63) is 24.0 Å². The molecule has 1 aromatic carbocycles. The number of benzene rings is 1. The number of nitrogens with one attached hydrogen (secondary N) is 3. The van der Waals surface area contributed by atoms with Crippen LogP contribution in [0, 0.1) is 5.82 Å². The first-order valence-corrected chi connectivity index (χ1v) is 8.67. The molecular weight excluding hydrogens is 309 g/mol. The Morgan fingerprint density at radius 1 is 1.36 bits per heavy atom. The lowest BCUT2D eigenvalue weighted by Crippen LogP contribution is -2.26. The van der Waals surface area contributed by atoms with Crippen molar-refractivity contribution in [1.82, 2.24) is 10.0 Å². The quantitative estimate of drug-likeness (QED) is 0.626. The molecule has 1 aliphatic carbocycles. The molecule has 0 radical (unpaired) electrons. The van der Waals surface area contributed by atoms with Crippen LogP contribution in [0.5, 0.6) is 0 Å². The number of hydrogen-bond acceptors (Lipinski definition) is 4. The number of hydrogen-bond donors (Lipinski definition) is 3. The number of amides is 1. The predicted octanol–water partition coefficient (Wildman–Crippen LogP) is 1.20. The van der Waals surface area contributed by atoms with Crippen LogP contribution in [0.3, 0.4) is 0 Å². The molecule has 0 aliphatic heterocycles. The molecule has 0 spiro atoms. The van der Waals surface area contributed by atoms with Gasteiger partial charge in [0.05, 0.1) is 0 Å². The van der Waals surface area contributed by atoms with Crippen molar-refractivity contribution in [3.8, 4) is 0 Å². The maximum Gasteiger partial charge on any atom is 0.243 e. The molecular formula is C14H20FN3O3S. The van der Waals surface area contributed by atoms with E-state index in [-0.39, 0.29) is 17.6 Å². The van der Waals surface area contributed by atoms with Gasteiger partial charge >= 0.3 is 0 Å². The zero-order valence-corrected chi connectivity index (χ0v) is 13.2. The van der Waals surface area contributed by atoms with E-state index in [0.29, 0.717) is 19.4 Å². The number of anilines is 1. The van der Waals surface area contributed by atoms with E-state index < -0.39 is 20.7 Å². The van der Waals surface area contributed by atoms with Crippen LogP contribution >= 0.6 is 0 Å². The van der Waals surface area contributed by atoms with E-state index in [1.165, 1.54) is 6.07 Å². The molecule has 6 nitrogen and oxygen atoms in total. The van der Waals surface area contributed by atoms with E-state index in [2.05, 4.69) is 15.4 Å². The Morgan fingerprint density at radius 2 is 2.09 bits per heavy atom. The van der Waals surface area contributed by atoms with Gasteiger partial charge in [0.2, 0.25) is 15.9 Å². The maximum atomic E-state index is 13.8. The second-order valence-corrected chi connectivity index (χ2v) is 6.98. The maximum absolute atomic E-state index is 13.8. The lowest BCUT2D eigenvalue weighted by molar-refractivity contribution is -0.116. The molecule has 0 heterocycles. The third-order valence-electron chi connectivity index (χ3n) is 3.23. The van der Waals surface area contributed by atoms with Crippen LogP contribution < -0.4 is 15.4 Å². The number of rotatable bonds is 8. The largest absolute Gasteiger partial charge is 0.326 e. The third kappa shape index (κ3) is 4.75. The molecule has 22 heavy (non-hydrogen) atoms. The summed E-state index contributed by atoms with van der Waals surface area (Å²) in [7, 11) is -2.10. The molecule has 0 aromatic heterocycles. The van der Waals surface area contributed by atoms with Gasteiger partial charge in [-0.1, -0.05) is 0 Å². The summed E-state index contributed by atoms with van der Waals surface area (Å²) in [6.45, 7) is 0.710. The molecule has 1 saturated carbocycles. The summed E-state index contributed by atoms with van der Waals surface area (Å²) in [6.07, 6.45) is 2.50. The summed E-state index contributed by atoms with van der Waals surface area (Å²) in [5.74, 6) is -1.07. The highest BCUT2D eigenvalue weighted by Crippen LogP contribution is 2.25. The summed E-state index contributed by atoms with van der Waals surface area (Å²) < 4.78 is 40.4. The Kier molecular flexibility index (Phi) is 5.49. The zero-order chi connectivity index (χ0) is 16.2. The van der Waals surface area contributed by atoms with Crippen LogP contribution in [-0.2, 0) is 14.8 Å². The van der Waals surface area contributed by atoms with Crippen LogP contribution in [0.25, 0.3) is 0 Å². The number of carbonyl (C=O) groups is 1. The van der Waals surface area contributed by atoms with E-state index in [1.807, 2.05) is 0 Å². The van der Waals surface area contributed by atoms with Gasteiger partial charge in [0.1, 0.15) is 10.7 Å². The molecule has 0 saturated heterocycles. The lowest BCUT2D eigenvalue weighted by atomic mass is 10.2. The predicted molar refractivity (Wildman–Crippen MR) is 81.5 cm³/mol. The number of carbonyl (C=O) groups excluding carboxylic acids is 1. The normalized spacial score (nSPS) is 14.8. The van der Waals surface area contributed by atoms with Gasteiger partial charge < -0.3 is 10.6 Å². The zero-order valence-electron chi connectivity index (χ0n) is 12.4. The summed E-state index contributed by atoms with van der Waals surface area (Å²) in [6, 6.07) is 3.44. The summed E-state index contributed by atoms with van der Waals surface area (Å²) >= 11 is 0. The average molecular weight is 329 g/mol. The van der Waals surface area contributed by atoms with E-state index in [0.717, 1.165) is 25.0 Å². The summed E-state index contributed by atoms with van der Waals surface area (Å²) in [4.78, 5) is 11.3. The van der Waals surface area contributed by atoms with E-state index in [1.54, 1.807) is 7.05 Å². The van der Waals surface area contributed by atoms with Crippen LogP contribution in [0.15, 0.2) is 23.1 Å². The van der Waals surface area contributed by atoms with Crippen molar-refractivity contribution in [3.63, 3.8) is 0 Å². The minimum absolute atomic E-state index is 0.107. The van der Waals surface area contributed by atoms with Crippen molar-refractivity contribution in [1.29, 1.82) is 0 Å². The molecule has 2 rings (SSSR count). The fourth-order valence-electron chi connectivity index (χ4n) is 1.92. The van der Waals surface area contributed by atoms with Crippen molar-refractivity contribution in [2.45, 2.75) is 36.6 Å². The van der Waals surface area contributed by atoms with Crippen molar-refractivity contribution in [2.75, 3.05) is 18.9 Å². The van der Waals surface area contributed by atoms with Crippen molar-refractivity contribution in [2.24, 2.45) is 0 Å². The van der Waals surface area contributed by atoms with Gasteiger partial charge in [0.15, 0.2) is 0 Å². The van der Waals surface area contributed by atoms with Gasteiger partial charge in [0, 0.05) is 18.2 Å².